The summed E-state index contributed by atoms with van der Waals surface area (Å²) in [6.07, 6.45) is -1.12. The van der Waals surface area contributed by atoms with E-state index in [0.717, 1.165) is 0 Å². The highest BCUT2D eigenvalue weighted by molar-refractivity contribution is 6.00. The van der Waals surface area contributed by atoms with Crippen LogP contribution in [-0.2, 0) is 14.3 Å². The number of Topliss-reactive ketones (excluding diaryl/α,β-unsaturated/α-hetero) is 1. The first-order chi connectivity index (χ1) is 8.29. The van der Waals surface area contributed by atoms with Crippen LogP contribution in [0, 0.1) is 0 Å². The lowest BCUT2D eigenvalue weighted by Crippen LogP contribution is -2.31. The SMILES string of the molecule is C=C(C)C(=O)C(CO)OC(=O)C(=C)CCC(C)O. The van der Waals surface area contributed by atoms with E-state index in [-0.39, 0.29) is 17.6 Å². The summed E-state index contributed by atoms with van der Waals surface area (Å²) in [6, 6.07) is 0. The summed E-state index contributed by atoms with van der Waals surface area (Å²) in [7, 11) is 0. The fourth-order valence-electron chi connectivity index (χ4n) is 1.15. The summed E-state index contributed by atoms with van der Waals surface area (Å²) in [5, 5.41) is 18.1. The number of aliphatic hydroxyl groups is 2. The van der Waals surface area contributed by atoms with Crippen LogP contribution in [0.5, 0.6) is 0 Å². The first kappa shape index (κ1) is 16.5. The van der Waals surface area contributed by atoms with Crippen molar-refractivity contribution < 1.29 is 24.5 Å². The van der Waals surface area contributed by atoms with Gasteiger partial charge in [0.15, 0.2) is 6.10 Å². The van der Waals surface area contributed by atoms with Crippen LogP contribution < -0.4 is 0 Å². The molecule has 2 N–H and O–H groups in total. The molecule has 0 saturated carbocycles. The molecule has 0 saturated heterocycles. The van der Waals surface area contributed by atoms with Gasteiger partial charge >= 0.3 is 5.97 Å². The number of ketones is 1. The van der Waals surface area contributed by atoms with Gasteiger partial charge in [0.05, 0.1) is 12.7 Å². The highest BCUT2D eigenvalue weighted by Crippen LogP contribution is 2.10. The summed E-state index contributed by atoms with van der Waals surface area (Å²) in [4.78, 5) is 23.0. The Balaban J connectivity index is 4.39. The number of hydrogen-bond donors (Lipinski definition) is 2. The van der Waals surface area contributed by atoms with Gasteiger partial charge in [-0.1, -0.05) is 13.2 Å². The van der Waals surface area contributed by atoms with Gasteiger partial charge in [0.2, 0.25) is 5.78 Å². The van der Waals surface area contributed by atoms with Crippen molar-refractivity contribution in [2.75, 3.05) is 6.61 Å². The molecule has 0 aromatic carbocycles. The minimum Gasteiger partial charge on any atom is -0.448 e. The third-order valence-electron chi connectivity index (χ3n) is 2.28. The Morgan fingerprint density at radius 1 is 1.33 bits per heavy atom. The zero-order valence-corrected chi connectivity index (χ0v) is 10.8. The van der Waals surface area contributed by atoms with Gasteiger partial charge in [-0.25, -0.2) is 4.79 Å². The van der Waals surface area contributed by atoms with Crippen LogP contribution in [-0.4, -0.2) is 40.8 Å². The lowest BCUT2D eigenvalue weighted by atomic mass is 10.1. The first-order valence-corrected chi connectivity index (χ1v) is 5.67. The molecule has 0 aromatic rings. The Bertz CT molecular complexity index is 343. The lowest BCUT2D eigenvalue weighted by Gasteiger charge is -2.15. The summed E-state index contributed by atoms with van der Waals surface area (Å²) >= 11 is 0. The minimum atomic E-state index is -1.24. The van der Waals surface area contributed by atoms with Crippen molar-refractivity contribution in [3.63, 3.8) is 0 Å². The van der Waals surface area contributed by atoms with Crippen molar-refractivity contribution in [2.24, 2.45) is 0 Å². The van der Waals surface area contributed by atoms with E-state index in [2.05, 4.69) is 13.2 Å². The second-order valence-corrected chi connectivity index (χ2v) is 4.21. The molecule has 0 aromatic heterocycles. The largest absolute Gasteiger partial charge is 0.448 e. The van der Waals surface area contributed by atoms with E-state index in [1.807, 2.05) is 0 Å². The lowest BCUT2D eigenvalue weighted by molar-refractivity contribution is -0.152. The number of carbonyl (C=O) groups is 2. The fraction of sp³-hybridized carbons (Fsp3) is 0.538. The molecule has 0 amide bonds. The number of hydrogen-bond acceptors (Lipinski definition) is 5. The van der Waals surface area contributed by atoms with Crippen molar-refractivity contribution in [3.05, 3.63) is 24.3 Å². The average Bonchev–Trinajstić information content (AvgIpc) is 2.31. The fourth-order valence-corrected chi connectivity index (χ4v) is 1.15. The van der Waals surface area contributed by atoms with Crippen LogP contribution in [0.2, 0.25) is 0 Å². The molecule has 102 valence electrons. The Morgan fingerprint density at radius 2 is 1.89 bits per heavy atom. The molecule has 0 heterocycles. The number of rotatable bonds is 8. The summed E-state index contributed by atoms with van der Waals surface area (Å²) < 4.78 is 4.84. The van der Waals surface area contributed by atoms with Crippen molar-refractivity contribution in [3.8, 4) is 0 Å². The second kappa shape index (κ2) is 7.79. The molecule has 0 spiro atoms. The maximum atomic E-state index is 11.6. The van der Waals surface area contributed by atoms with Gasteiger partial charge in [-0.05, 0) is 32.3 Å². The molecule has 0 aliphatic carbocycles. The molecule has 0 fully saturated rings. The Labute approximate surface area is 107 Å². The van der Waals surface area contributed by atoms with Crippen LogP contribution in [0.15, 0.2) is 24.3 Å². The molecule has 0 aliphatic rings. The van der Waals surface area contributed by atoms with Crippen molar-refractivity contribution in [2.45, 2.75) is 38.9 Å². The van der Waals surface area contributed by atoms with E-state index in [4.69, 9.17) is 14.9 Å². The van der Waals surface area contributed by atoms with E-state index in [0.29, 0.717) is 6.42 Å². The molecule has 18 heavy (non-hydrogen) atoms. The first-order valence-electron chi connectivity index (χ1n) is 5.67. The normalized spacial score (nSPS) is 13.6. The second-order valence-electron chi connectivity index (χ2n) is 4.21. The standard InChI is InChI=1S/C13H20O5/c1-8(2)12(16)11(7-14)18-13(17)9(3)5-6-10(4)15/h10-11,14-15H,1,3,5-7H2,2,4H3. The van der Waals surface area contributed by atoms with Gasteiger partial charge in [0, 0.05) is 5.57 Å². The third kappa shape index (κ3) is 5.75. The molecule has 0 aliphatic heterocycles. The number of carbonyl (C=O) groups excluding carboxylic acids is 2. The smallest absolute Gasteiger partial charge is 0.334 e. The maximum Gasteiger partial charge on any atom is 0.334 e. The molecule has 0 rings (SSSR count). The van der Waals surface area contributed by atoms with E-state index in [1.165, 1.54) is 6.92 Å². The van der Waals surface area contributed by atoms with Gasteiger partial charge in [0.25, 0.3) is 0 Å². The predicted molar refractivity (Wildman–Crippen MR) is 66.8 cm³/mol. The van der Waals surface area contributed by atoms with Crippen LogP contribution in [0.25, 0.3) is 0 Å². The number of ether oxygens (including phenoxy) is 1. The molecule has 5 nitrogen and oxygen atoms in total. The monoisotopic (exact) mass is 256 g/mol. The quantitative estimate of drug-likeness (QED) is 0.494. The van der Waals surface area contributed by atoms with Gasteiger partial charge in [-0.2, -0.15) is 0 Å². The van der Waals surface area contributed by atoms with E-state index >= 15 is 0 Å². The van der Waals surface area contributed by atoms with Gasteiger partial charge < -0.3 is 14.9 Å². The van der Waals surface area contributed by atoms with Gasteiger partial charge in [-0.15, -0.1) is 0 Å². The van der Waals surface area contributed by atoms with Crippen molar-refractivity contribution in [1.82, 2.24) is 0 Å². The highest BCUT2D eigenvalue weighted by atomic mass is 16.6. The third-order valence-corrected chi connectivity index (χ3v) is 2.28. The molecular weight excluding hydrogens is 236 g/mol. The predicted octanol–water partition coefficient (Wildman–Crippen LogP) is 0.753. The summed E-state index contributed by atoms with van der Waals surface area (Å²) in [5.41, 5.74) is 0.361. The zero-order chi connectivity index (χ0) is 14.3. The number of esters is 1. The summed E-state index contributed by atoms with van der Waals surface area (Å²) in [6.45, 7) is 9.42. The Hall–Kier alpha value is -1.46. The average molecular weight is 256 g/mol. The van der Waals surface area contributed by atoms with Crippen molar-refractivity contribution >= 4 is 11.8 Å². The Morgan fingerprint density at radius 3 is 2.28 bits per heavy atom. The summed E-state index contributed by atoms with van der Waals surface area (Å²) in [5.74, 6) is -1.27. The molecule has 2 unspecified atom stereocenters. The number of aliphatic hydroxyl groups excluding tert-OH is 2. The molecule has 2 atom stereocenters. The molecule has 0 radical (unpaired) electrons. The highest BCUT2D eigenvalue weighted by Gasteiger charge is 2.23. The van der Waals surface area contributed by atoms with E-state index < -0.39 is 30.6 Å². The minimum absolute atomic E-state index is 0.156. The van der Waals surface area contributed by atoms with Crippen LogP contribution in [0.4, 0.5) is 0 Å². The maximum absolute atomic E-state index is 11.6. The van der Waals surface area contributed by atoms with Gasteiger partial charge in [-0.3, -0.25) is 4.79 Å². The van der Waals surface area contributed by atoms with Gasteiger partial charge in [0.1, 0.15) is 0 Å². The molecule has 0 bridgehead atoms. The van der Waals surface area contributed by atoms with E-state index in [1.54, 1.807) is 6.92 Å². The molecular formula is C13H20O5. The van der Waals surface area contributed by atoms with Crippen molar-refractivity contribution in [1.29, 1.82) is 0 Å². The topological polar surface area (TPSA) is 83.8 Å². The van der Waals surface area contributed by atoms with E-state index in [9.17, 15) is 9.59 Å². The zero-order valence-electron chi connectivity index (χ0n) is 10.8. The van der Waals surface area contributed by atoms with Crippen LogP contribution in [0.1, 0.15) is 26.7 Å². The van der Waals surface area contributed by atoms with Crippen LogP contribution in [0.3, 0.4) is 0 Å². The Kier molecular flexibility index (Phi) is 7.16. The molecule has 5 heteroatoms. The van der Waals surface area contributed by atoms with Crippen LogP contribution >= 0.6 is 0 Å².